The van der Waals surface area contributed by atoms with Crippen LogP contribution < -0.4 is 20.7 Å². The van der Waals surface area contributed by atoms with Gasteiger partial charge in [0.2, 0.25) is 5.91 Å². The highest BCUT2D eigenvalue weighted by atomic mass is 16.5. The number of benzene rings is 2. The van der Waals surface area contributed by atoms with E-state index in [2.05, 4.69) is 20.9 Å². The molecule has 29 heavy (non-hydrogen) atoms. The molecule has 8 nitrogen and oxygen atoms in total. The lowest BCUT2D eigenvalue weighted by Crippen LogP contribution is -2.28. The van der Waals surface area contributed by atoms with Crippen LogP contribution in [-0.2, 0) is 17.9 Å². The van der Waals surface area contributed by atoms with Crippen molar-refractivity contribution in [1.82, 2.24) is 14.9 Å². The molecule has 0 aliphatic carbocycles. The normalized spacial score (nSPS) is 10.3. The van der Waals surface area contributed by atoms with Gasteiger partial charge in [0, 0.05) is 44.2 Å². The largest absolute Gasteiger partial charge is 0.494 e. The van der Waals surface area contributed by atoms with Crippen LogP contribution in [0.5, 0.6) is 5.75 Å². The number of nitrogens with zero attached hydrogens (tertiary/aromatic N) is 2. The summed E-state index contributed by atoms with van der Waals surface area (Å²) in [4.78, 5) is 27.6. The van der Waals surface area contributed by atoms with Crippen molar-refractivity contribution in [1.29, 1.82) is 0 Å². The molecule has 3 rings (SSSR count). The summed E-state index contributed by atoms with van der Waals surface area (Å²) in [5.41, 5.74) is 3.22. The SMILES string of the molecule is COc1cc(NC(=O)NCc2ccccc2Cn2ccnc2)ccc1NC(C)=O. The fraction of sp³-hybridized carbons (Fsp3) is 0.190. The van der Waals surface area contributed by atoms with Crippen molar-refractivity contribution in [3.8, 4) is 5.75 Å². The third-order valence-corrected chi connectivity index (χ3v) is 4.24. The summed E-state index contributed by atoms with van der Waals surface area (Å²) in [6.07, 6.45) is 5.39. The lowest BCUT2D eigenvalue weighted by Gasteiger charge is -2.14. The smallest absolute Gasteiger partial charge is 0.319 e. The van der Waals surface area contributed by atoms with Crippen molar-refractivity contribution in [3.05, 3.63) is 72.3 Å². The van der Waals surface area contributed by atoms with Crippen molar-refractivity contribution in [2.45, 2.75) is 20.0 Å². The molecule has 0 radical (unpaired) electrons. The first-order valence-electron chi connectivity index (χ1n) is 9.08. The zero-order valence-electron chi connectivity index (χ0n) is 16.3. The highest BCUT2D eigenvalue weighted by molar-refractivity contribution is 5.93. The molecule has 2 aromatic carbocycles. The minimum absolute atomic E-state index is 0.198. The topological polar surface area (TPSA) is 97.3 Å². The number of anilines is 2. The van der Waals surface area contributed by atoms with Gasteiger partial charge in [-0.2, -0.15) is 0 Å². The van der Waals surface area contributed by atoms with Gasteiger partial charge in [0.1, 0.15) is 5.75 Å². The number of aromatic nitrogens is 2. The Balaban J connectivity index is 1.61. The van der Waals surface area contributed by atoms with Crippen molar-refractivity contribution in [3.63, 3.8) is 0 Å². The van der Waals surface area contributed by atoms with Gasteiger partial charge in [-0.05, 0) is 23.3 Å². The van der Waals surface area contributed by atoms with Gasteiger partial charge >= 0.3 is 6.03 Å². The number of rotatable bonds is 7. The standard InChI is InChI=1S/C21H23N5O3/c1-15(27)24-19-8-7-18(11-20(19)29-2)25-21(28)23-12-16-5-3-4-6-17(16)13-26-10-9-22-14-26/h3-11,14H,12-13H2,1-2H3,(H,24,27)(H2,23,25,28). The van der Waals surface area contributed by atoms with Crippen molar-refractivity contribution < 1.29 is 14.3 Å². The molecule has 0 aliphatic heterocycles. The molecule has 0 fully saturated rings. The van der Waals surface area contributed by atoms with Gasteiger partial charge < -0.3 is 25.3 Å². The van der Waals surface area contributed by atoms with Gasteiger partial charge in [0.05, 0.1) is 19.1 Å². The maximum absolute atomic E-state index is 12.3. The molecule has 150 valence electrons. The molecule has 8 heteroatoms. The Morgan fingerprint density at radius 1 is 1.10 bits per heavy atom. The van der Waals surface area contributed by atoms with Gasteiger partial charge in [-0.1, -0.05) is 24.3 Å². The maximum atomic E-state index is 12.3. The van der Waals surface area contributed by atoms with Crippen LogP contribution in [0.15, 0.2) is 61.2 Å². The second-order valence-corrected chi connectivity index (χ2v) is 6.41. The van der Waals surface area contributed by atoms with Gasteiger partial charge in [0.15, 0.2) is 0 Å². The van der Waals surface area contributed by atoms with Crippen LogP contribution in [0.25, 0.3) is 0 Å². The first-order chi connectivity index (χ1) is 14.0. The summed E-state index contributed by atoms with van der Waals surface area (Å²) in [7, 11) is 1.50. The zero-order chi connectivity index (χ0) is 20.6. The molecule has 0 aliphatic rings. The van der Waals surface area contributed by atoms with E-state index in [9.17, 15) is 9.59 Å². The molecular formula is C21H23N5O3. The van der Waals surface area contributed by atoms with Gasteiger partial charge in [0.25, 0.3) is 0 Å². The molecule has 0 bridgehead atoms. The van der Waals surface area contributed by atoms with Crippen molar-refractivity contribution in [2.24, 2.45) is 0 Å². The Hall–Kier alpha value is -3.81. The molecule has 3 N–H and O–H groups in total. The number of urea groups is 1. The summed E-state index contributed by atoms with van der Waals surface area (Å²) >= 11 is 0. The molecule has 0 atom stereocenters. The van der Waals surface area contributed by atoms with Crippen molar-refractivity contribution in [2.75, 3.05) is 17.7 Å². The monoisotopic (exact) mass is 393 g/mol. The Morgan fingerprint density at radius 2 is 1.90 bits per heavy atom. The Kier molecular flexibility index (Phi) is 6.47. The van der Waals surface area contributed by atoms with E-state index in [0.717, 1.165) is 11.1 Å². The average Bonchev–Trinajstić information content (AvgIpc) is 3.21. The fourth-order valence-corrected chi connectivity index (χ4v) is 2.87. The minimum atomic E-state index is -0.336. The van der Waals surface area contributed by atoms with E-state index in [4.69, 9.17) is 4.74 Å². The first-order valence-corrected chi connectivity index (χ1v) is 9.08. The van der Waals surface area contributed by atoms with E-state index in [1.54, 1.807) is 30.7 Å². The van der Waals surface area contributed by atoms with Gasteiger partial charge in [-0.15, -0.1) is 0 Å². The van der Waals surface area contributed by atoms with Crippen LogP contribution in [0.1, 0.15) is 18.1 Å². The summed E-state index contributed by atoms with van der Waals surface area (Å²) in [6.45, 7) is 2.49. The fourth-order valence-electron chi connectivity index (χ4n) is 2.87. The number of carbonyl (C=O) groups excluding carboxylic acids is 2. The average molecular weight is 393 g/mol. The van der Waals surface area contributed by atoms with Crippen LogP contribution >= 0.6 is 0 Å². The van der Waals surface area contributed by atoms with E-state index in [-0.39, 0.29) is 11.9 Å². The van der Waals surface area contributed by atoms with Gasteiger partial charge in [-0.25, -0.2) is 9.78 Å². The highest BCUT2D eigenvalue weighted by Crippen LogP contribution is 2.27. The van der Waals surface area contributed by atoms with Crippen LogP contribution in [0.2, 0.25) is 0 Å². The molecule has 0 spiro atoms. The van der Waals surface area contributed by atoms with Crippen LogP contribution in [-0.4, -0.2) is 28.6 Å². The van der Waals surface area contributed by atoms with E-state index in [1.165, 1.54) is 14.0 Å². The predicted molar refractivity (Wildman–Crippen MR) is 111 cm³/mol. The van der Waals surface area contributed by atoms with Crippen LogP contribution in [0, 0.1) is 0 Å². The van der Waals surface area contributed by atoms with E-state index in [0.29, 0.717) is 30.2 Å². The molecule has 3 amide bonds. The second kappa shape index (κ2) is 9.41. The molecule has 3 aromatic rings. The maximum Gasteiger partial charge on any atom is 0.319 e. The third kappa shape index (κ3) is 5.58. The molecule has 1 aromatic heterocycles. The number of hydrogen-bond donors (Lipinski definition) is 3. The quantitative estimate of drug-likeness (QED) is 0.574. The van der Waals surface area contributed by atoms with Crippen molar-refractivity contribution >= 4 is 23.3 Å². The second-order valence-electron chi connectivity index (χ2n) is 6.41. The Morgan fingerprint density at radius 3 is 2.59 bits per heavy atom. The molecular weight excluding hydrogens is 370 g/mol. The summed E-state index contributed by atoms with van der Waals surface area (Å²) in [6, 6.07) is 12.6. The first kappa shape index (κ1) is 19.9. The summed E-state index contributed by atoms with van der Waals surface area (Å²) in [5.74, 6) is 0.264. The number of amides is 3. The number of hydrogen-bond acceptors (Lipinski definition) is 4. The van der Waals surface area contributed by atoms with Crippen LogP contribution in [0.3, 0.4) is 0 Å². The lowest BCUT2D eigenvalue weighted by molar-refractivity contribution is -0.114. The number of carbonyl (C=O) groups is 2. The Bertz CT molecular complexity index is 986. The molecule has 0 unspecified atom stereocenters. The minimum Gasteiger partial charge on any atom is -0.494 e. The molecule has 0 saturated carbocycles. The lowest BCUT2D eigenvalue weighted by atomic mass is 10.1. The van der Waals surface area contributed by atoms with E-state index < -0.39 is 0 Å². The van der Waals surface area contributed by atoms with Gasteiger partial charge in [-0.3, -0.25) is 4.79 Å². The molecule has 0 saturated heterocycles. The number of nitrogens with one attached hydrogen (secondary N) is 3. The van der Waals surface area contributed by atoms with E-state index in [1.807, 2.05) is 35.0 Å². The number of imidazole rings is 1. The predicted octanol–water partition coefficient (Wildman–Crippen LogP) is 3.22. The Labute approximate surface area is 168 Å². The number of ether oxygens (including phenoxy) is 1. The highest BCUT2D eigenvalue weighted by Gasteiger charge is 2.09. The summed E-state index contributed by atoms with van der Waals surface area (Å²) < 4.78 is 7.24. The van der Waals surface area contributed by atoms with E-state index >= 15 is 0 Å². The zero-order valence-corrected chi connectivity index (χ0v) is 16.3. The van der Waals surface area contributed by atoms with Crippen LogP contribution in [0.4, 0.5) is 16.2 Å². The summed E-state index contributed by atoms with van der Waals surface area (Å²) in [5, 5.41) is 8.32. The third-order valence-electron chi connectivity index (χ3n) is 4.24. The molecule has 1 heterocycles. The number of methoxy groups -OCH3 is 1.